The molecule has 0 aliphatic heterocycles. The third-order valence-corrected chi connectivity index (χ3v) is 6.00. The number of H-pyrrole nitrogens is 1. The molecule has 0 saturated carbocycles. The van der Waals surface area contributed by atoms with Crippen LogP contribution in [0.2, 0.25) is 10.0 Å². The molecule has 0 spiro atoms. The second kappa shape index (κ2) is 10.8. The van der Waals surface area contributed by atoms with E-state index in [1.54, 1.807) is 6.07 Å². The highest BCUT2D eigenvalue weighted by Gasteiger charge is 2.09. The normalized spacial score (nSPS) is 11.1. The topological polar surface area (TPSA) is 46.3 Å². The summed E-state index contributed by atoms with van der Waals surface area (Å²) in [6.45, 7) is 4.57. The van der Waals surface area contributed by atoms with Crippen molar-refractivity contribution >= 4 is 34.1 Å². The van der Waals surface area contributed by atoms with Crippen LogP contribution in [0.15, 0.2) is 66.9 Å². The molecule has 0 radical (unpaired) electrons. The first-order valence-electron chi connectivity index (χ1n) is 10.7. The first-order valence-corrected chi connectivity index (χ1v) is 11.5. The molecule has 0 aliphatic carbocycles. The predicted molar refractivity (Wildman–Crippen MR) is 132 cm³/mol. The Morgan fingerprint density at radius 1 is 0.875 bits per heavy atom. The van der Waals surface area contributed by atoms with Gasteiger partial charge in [-0.25, -0.2) is 0 Å². The van der Waals surface area contributed by atoms with Gasteiger partial charge in [-0.2, -0.15) is 0 Å². The SMILES string of the molecule is CCOc1cc(CNCCc2c[nH]c3ccccc23)ccc1OCc1ccc(Cl)c(Cl)c1. The summed E-state index contributed by atoms with van der Waals surface area (Å²) in [5.74, 6) is 1.45. The molecule has 4 rings (SSSR count). The number of para-hydroxylation sites is 1. The van der Waals surface area contributed by atoms with Crippen molar-refractivity contribution in [2.24, 2.45) is 0 Å². The summed E-state index contributed by atoms with van der Waals surface area (Å²) >= 11 is 12.1. The van der Waals surface area contributed by atoms with Crippen molar-refractivity contribution in [3.8, 4) is 11.5 Å². The Kier molecular flexibility index (Phi) is 7.59. The molecule has 166 valence electrons. The smallest absolute Gasteiger partial charge is 0.161 e. The molecule has 0 saturated heterocycles. The van der Waals surface area contributed by atoms with Crippen molar-refractivity contribution in [2.45, 2.75) is 26.5 Å². The summed E-state index contributed by atoms with van der Waals surface area (Å²) in [5.41, 5.74) is 4.61. The summed E-state index contributed by atoms with van der Waals surface area (Å²) in [4.78, 5) is 3.33. The molecule has 0 aliphatic rings. The van der Waals surface area contributed by atoms with Gasteiger partial charge in [0.15, 0.2) is 11.5 Å². The molecule has 0 bridgehead atoms. The van der Waals surface area contributed by atoms with E-state index in [0.717, 1.165) is 36.4 Å². The molecule has 6 heteroatoms. The highest BCUT2D eigenvalue weighted by Crippen LogP contribution is 2.30. The van der Waals surface area contributed by atoms with E-state index in [2.05, 4.69) is 46.8 Å². The van der Waals surface area contributed by atoms with Gasteiger partial charge in [0.1, 0.15) is 6.61 Å². The van der Waals surface area contributed by atoms with E-state index >= 15 is 0 Å². The molecule has 0 atom stereocenters. The van der Waals surface area contributed by atoms with Gasteiger partial charge >= 0.3 is 0 Å². The Morgan fingerprint density at radius 3 is 2.56 bits per heavy atom. The fourth-order valence-corrected chi connectivity index (χ4v) is 3.96. The Bertz CT molecular complexity index is 1190. The van der Waals surface area contributed by atoms with E-state index < -0.39 is 0 Å². The van der Waals surface area contributed by atoms with Crippen LogP contribution in [0.1, 0.15) is 23.6 Å². The van der Waals surface area contributed by atoms with Crippen LogP contribution in [0.5, 0.6) is 11.5 Å². The van der Waals surface area contributed by atoms with Crippen molar-refractivity contribution in [2.75, 3.05) is 13.2 Å². The number of nitrogens with one attached hydrogen (secondary N) is 2. The number of hydrogen-bond donors (Lipinski definition) is 2. The molecular formula is C26H26Cl2N2O2. The summed E-state index contributed by atoms with van der Waals surface area (Å²) < 4.78 is 11.8. The summed E-state index contributed by atoms with van der Waals surface area (Å²) in [6, 6.07) is 19.9. The van der Waals surface area contributed by atoms with E-state index in [0.29, 0.717) is 29.0 Å². The Hall–Kier alpha value is -2.66. The highest BCUT2D eigenvalue weighted by molar-refractivity contribution is 6.42. The van der Waals surface area contributed by atoms with Crippen LogP contribution in [0.25, 0.3) is 10.9 Å². The molecule has 32 heavy (non-hydrogen) atoms. The molecular weight excluding hydrogens is 443 g/mol. The standard InChI is InChI=1S/C26H26Cl2N2O2/c1-2-31-26-14-18(8-10-25(26)32-17-19-7-9-22(27)23(28)13-19)15-29-12-11-20-16-30-24-6-4-3-5-21(20)24/h3-10,13-14,16,29-30H,2,11-12,15,17H2,1H3. The van der Waals surface area contributed by atoms with E-state index in [1.807, 2.05) is 31.2 Å². The molecule has 2 N–H and O–H groups in total. The van der Waals surface area contributed by atoms with Crippen molar-refractivity contribution in [3.63, 3.8) is 0 Å². The van der Waals surface area contributed by atoms with E-state index in [-0.39, 0.29) is 0 Å². The van der Waals surface area contributed by atoms with Crippen LogP contribution < -0.4 is 14.8 Å². The van der Waals surface area contributed by atoms with Gasteiger partial charge in [-0.1, -0.05) is 53.5 Å². The number of fused-ring (bicyclic) bond motifs is 1. The number of halogens is 2. The number of benzene rings is 3. The van der Waals surface area contributed by atoms with Crippen LogP contribution in [-0.4, -0.2) is 18.1 Å². The Morgan fingerprint density at radius 2 is 1.72 bits per heavy atom. The fourth-order valence-electron chi connectivity index (χ4n) is 3.63. The van der Waals surface area contributed by atoms with Gasteiger partial charge in [0.25, 0.3) is 0 Å². The van der Waals surface area contributed by atoms with Crippen molar-refractivity contribution in [3.05, 3.63) is 93.6 Å². The Labute approximate surface area is 198 Å². The third kappa shape index (κ3) is 5.57. The summed E-state index contributed by atoms with van der Waals surface area (Å²) in [7, 11) is 0. The maximum absolute atomic E-state index is 6.10. The van der Waals surface area contributed by atoms with Crippen LogP contribution in [0.4, 0.5) is 0 Å². The molecule has 0 amide bonds. The van der Waals surface area contributed by atoms with Crippen molar-refractivity contribution in [1.29, 1.82) is 0 Å². The zero-order valence-corrected chi connectivity index (χ0v) is 19.5. The maximum atomic E-state index is 6.10. The second-order valence-electron chi connectivity index (χ2n) is 7.54. The zero-order chi connectivity index (χ0) is 22.3. The molecule has 3 aromatic carbocycles. The zero-order valence-electron chi connectivity index (χ0n) is 18.0. The summed E-state index contributed by atoms with van der Waals surface area (Å²) in [6.07, 6.45) is 3.06. The van der Waals surface area contributed by atoms with E-state index in [1.165, 1.54) is 16.5 Å². The van der Waals surface area contributed by atoms with Crippen LogP contribution in [0, 0.1) is 0 Å². The van der Waals surface area contributed by atoms with Crippen molar-refractivity contribution in [1.82, 2.24) is 10.3 Å². The van der Waals surface area contributed by atoms with E-state index in [9.17, 15) is 0 Å². The highest BCUT2D eigenvalue weighted by atomic mass is 35.5. The van der Waals surface area contributed by atoms with E-state index in [4.69, 9.17) is 32.7 Å². The van der Waals surface area contributed by atoms with Gasteiger partial charge in [-0.3, -0.25) is 0 Å². The molecule has 1 aromatic heterocycles. The second-order valence-corrected chi connectivity index (χ2v) is 8.35. The molecule has 0 unspecified atom stereocenters. The minimum Gasteiger partial charge on any atom is -0.490 e. The van der Waals surface area contributed by atoms with Crippen LogP contribution in [0.3, 0.4) is 0 Å². The lowest BCUT2D eigenvalue weighted by Crippen LogP contribution is -2.16. The molecule has 1 heterocycles. The number of ether oxygens (including phenoxy) is 2. The van der Waals surface area contributed by atoms with Crippen LogP contribution in [-0.2, 0) is 19.6 Å². The average molecular weight is 469 g/mol. The number of hydrogen-bond acceptors (Lipinski definition) is 3. The first-order chi connectivity index (χ1) is 15.6. The van der Waals surface area contributed by atoms with Gasteiger partial charge in [0.05, 0.1) is 16.7 Å². The van der Waals surface area contributed by atoms with Gasteiger partial charge in [0, 0.05) is 23.6 Å². The average Bonchev–Trinajstić information content (AvgIpc) is 3.22. The lowest BCUT2D eigenvalue weighted by Gasteiger charge is -2.14. The number of aromatic amines is 1. The summed E-state index contributed by atoms with van der Waals surface area (Å²) in [5, 5.41) is 5.87. The fraction of sp³-hybridized carbons (Fsp3) is 0.231. The quantitative estimate of drug-likeness (QED) is 0.252. The monoisotopic (exact) mass is 468 g/mol. The molecule has 0 fully saturated rings. The predicted octanol–water partition coefficient (Wildman–Crippen LogP) is 6.78. The third-order valence-electron chi connectivity index (χ3n) is 5.26. The molecule has 4 nitrogen and oxygen atoms in total. The first kappa shape index (κ1) is 22.5. The van der Waals surface area contributed by atoms with Crippen molar-refractivity contribution < 1.29 is 9.47 Å². The van der Waals surface area contributed by atoms with Gasteiger partial charge < -0.3 is 19.8 Å². The lowest BCUT2D eigenvalue weighted by molar-refractivity contribution is 0.269. The van der Waals surface area contributed by atoms with Crippen LogP contribution >= 0.6 is 23.2 Å². The number of aromatic nitrogens is 1. The molecule has 4 aromatic rings. The minimum atomic E-state index is 0.388. The van der Waals surface area contributed by atoms with Gasteiger partial charge in [0.2, 0.25) is 0 Å². The number of rotatable bonds is 10. The largest absolute Gasteiger partial charge is 0.490 e. The van der Waals surface area contributed by atoms with Gasteiger partial charge in [-0.05, 0) is 66.9 Å². The Balaban J connectivity index is 1.33. The lowest BCUT2D eigenvalue weighted by atomic mass is 10.1. The van der Waals surface area contributed by atoms with Gasteiger partial charge in [-0.15, -0.1) is 0 Å². The maximum Gasteiger partial charge on any atom is 0.161 e. The minimum absolute atomic E-state index is 0.388.